The second kappa shape index (κ2) is 7.38. The predicted molar refractivity (Wildman–Crippen MR) is 94.5 cm³/mol. The molecule has 0 aromatic heterocycles. The Kier molecular flexibility index (Phi) is 5.03. The smallest absolute Gasteiger partial charge is 0.185 e. The molecule has 1 aliphatic heterocycles. The summed E-state index contributed by atoms with van der Waals surface area (Å²) in [5.41, 5.74) is 1.62. The second-order valence-electron chi connectivity index (χ2n) is 5.27. The normalized spacial score (nSPS) is 14.5. The van der Waals surface area contributed by atoms with E-state index >= 15 is 0 Å². The van der Waals surface area contributed by atoms with E-state index in [0.29, 0.717) is 11.7 Å². The van der Waals surface area contributed by atoms with Gasteiger partial charge < -0.3 is 9.47 Å². The van der Waals surface area contributed by atoms with Crippen molar-refractivity contribution >= 4 is 23.6 Å². The minimum atomic E-state index is -0.0283. The Morgan fingerprint density at radius 2 is 1.70 bits per heavy atom. The molecule has 3 nitrogen and oxygen atoms in total. The van der Waals surface area contributed by atoms with Crippen LogP contribution in [0.15, 0.2) is 54.6 Å². The Bertz CT molecular complexity index is 686. The first-order valence-corrected chi connectivity index (χ1v) is 8.61. The Hall–Kier alpha value is -2.20. The zero-order chi connectivity index (χ0) is 16.1. The molecular formula is C19H18O3S. The fourth-order valence-corrected chi connectivity index (χ4v) is 2.72. The third-order valence-electron chi connectivity index (χ3n) is 3.59. The molecule has 1 aliphatic rings. The number of benzene rings is 2. The summed E-state index contributed by atoms with van der Waals surface area (Å²) in [7, 11) is 1.61. The average molecular weight is 326 g/mol. The van der Waals surface area contributed by atoms with Gasteiger partial charge in [-0.3, -0.25) is 4.79 Å². The van der Waals surface area contributed by atoms with Gasteiger partial charge in [0.05, 0.1) is 7.11 Å². The van der Waals surface area contributed by atoms with Gasteiger partial charge in [-0.15, -0.1) is 0 Å². The lowest BCUT2D eigenvalue weighted by Crippen LogP contribution is -2.30. The summed E-state index contributed by atoms with van der Waals surface area (Å²) in [6.45, 7) is 0. The van der Waals surface area contributed by atoms with Crippen LogP contribution >= 0.6 is 11.8 Å². The average Bonchev–Trinajstić information content (AvgIpc) is 2.57. The van der Waals surface area contributed by atoms with Crippen LogP contribution in [0.25, 0.3) is 6.08 Å². The van der Waals surface area contributed by atoms with Crippen molar-refractivity contribution in [2.75, 3.05) is 18.6 Å². The molecule has 1 heterocycles. The largest absolute Gasteiger partial charge is 0.497 e. The number of ketones is 1. The van der Waals surface area contributed by atoms with Crippen molar-refractivity contribution in [2.45, 2.75) is 6.10 Å². The van der Waals surface area contributed by atoms with Gasteiger partial charge in [0.15, 0.2) is 5.78 Å². The van der Waals surface area contributed by atoms with E-state index in [1.807, 2.05) is 42.1 Å². The molecule has 0 N–H and O–H groups in total. The van der Waals surface area contributed by atoms with Crippen molar-refractivity contribution in [1.29, 1.82) is 0 Å². The van der Waals surface area contributed by atoms with Crippen LogP contribution in [0.5, 0.6) is 11.5 Å². The van der Waals surface area contributed by atoms with Gasteiger partial charge in [0.2, 0.25) is 0 Å². The fraction of sp³-hybridized carbons (Fsp3) is 0.211. The van der Waals surface area contributed by atoms with Gasteiger partial charge in [0.25, 0.3) is 0 Å². The summed E-state index contributed by atoms with van der Waals surface area (Å²) in [5.74, 6) is 3.73. The molecule has 0 radical (unpaired) electrons. The summed E-state index contributed by atoms with van der Waals surface area (Å²) in [4.78, 5) is 12.1. The summed E-state index contributed by atoms with van der Waals surface area (Å²) < 4.78 is 10.9. The first-order valence-electron chi connectivity index (χ1n) is 7.45. The van der Waals surface area contributed by atoms with Crippen LogP contribution in [0.1, 0.15) is 15.9 Å². The van der Waals surface area contributed by atoms with Crippen LogP contribution in [0.4, 0.5) is 0 Å². The molecule has 2 aromatic rings. The van der Waals surface area contributed by atoms with Gasteiger partial charge in [-0.2, -0.15) is 11.8 Å². The minimum absolute atomic E-state index is 0.0283. The lowest BCUT2D eigenvalue weighted by atomic mass is 10.1. The van der Waals surface area contributed by atoms with E-state index in [4.69, 9.17) is 9.47 Å². The number of methoxy groups -OCH3 is 1. The molecule has 23 heavy (non-hydrogen) atoms. The zero-order valence-corrected chi connectivity index (χ0v) is 13.7. The lowest BCUT2D eigenvalue weighted by Gasteiger charge is -2.25. The molecular weight excluding hydrogens is 308 g/mol. The molecule has 0 unspecified atom stereocenters. The van der Waals surface area contributed by atoms with Crippen molar-refractivity contribution in [3.05, 3.63) is 65.7 Å². The highest BCUT2D eigenvalue weighted by Gasteiger charge is 2.19. The predicted octanol–water partition coefficient (Wildman–Crippen LogP) is 4.09. The molecule has 4 heteroatoms. The topological polar surface area (TPSA) is 35.5 Å². The fourth-order valence-electron chi connectivity index (χ4n) is 2.16. The van der Waals surface area contributed by atoms with Crippen molar-refractivity contribution in [3.63, 3.8) is 0 Å². The zero-order valence-electron chi connectivity index (χ0n) is 12.9. The maximum atomic E-state index is 12.1. The highest BCUT2D eigenvalue weighted by Crippen LogP contribution is 2.24. The molecule has 0 aliphatic carbocycles. The summed E-state index contributed by atoms with van der Waals surface area (Å²) in [5, 5.41) is 0. The van der Waals surface area contributed by atoms with E-state index in [1.54, 1.807) is 37.5 Å². The van der Waals surface area contributed by atoms with Crippen LogP contribution in [-0.2, 0) is 0 Å². The van der Waals surface area contributed by atoms with Gasteiger partial charge in [-0.25, -0.2) is 0 Å². The lowest BCUT2D eigenvalue weighted by molar-refractivity contribution is 0.104. The highest BCUT2D eigenvalue weighted by atomic mass is 32.2. The molecule has 0 atom stereocenters. The molecule has 0 amide bonds. The van der Waals surface area contributed by atoms with E-state index in [2.05, 4.69) is 0 Å². The molecule has 0 saturated carbocycles. The molecule has 1 saturated heterocycles. The minimum Gasteiger partial charge on any atom is -0.497 e. The summed E-state index contributed by atoms with van der Waals surface area (Å²) in [6, 6.07) is 14.9. The Labute approximate surface area is 140 Å². The SMILES string of the molecule is COc1ccc(C(=O)C=Cc2ccc(OC3CSC3)cc2)cc1. The Balaban J connectivity index is 1.60. The van der Waals surface area contributed by atoms with Crippen molar-refractivity contribution in [1.82, 2.24) is 0 Å². The molecule has 0 bridgehead atoms. The van der Waals surface area contributed by atoms with Crippen LogP contribution in [-0.4, -0.2) is 30.5 Å². The summed E-state index contributed by atoms with van der Waals surface area (Å²) >= 11 is 1.90. The molecule has 0 spiro atoms. The Morgan fingerprint density at radius 3 is 2.26 bits per heavy atom. The van der Waals surface area contributed by atoms with Crippen molar-refractivity contribution in [3.8, 4) is 11.5 Å². The number of carbonyl (C=O) groups excluding carboxylic acids is 1. The van der Waals surface area contributed by atoms with E-state index in [-0.39, 0.29) is 5.78 Å². The maximum absolute atomic E-state index is 12.1. The van der Waals surface area contributed by atoms with Crippen LogP contribution < -0.4 is 9.47 Å². The molecule has 2 aromatic carbocycles. The van der Waals surface area contributed by atoms with E-state index in [9.17, 15) is 4.79 Å². The van der Waals surface area contributed by atoms with E-state index in [1.165, 1.54) is 0 Å². The van der Waals surface area contributed by atoms with Gasteiger partial charge in [0.1, 0.15) is 17.6 Å². The molecule has 3 rings (SSSR count). The van der Waals surface area contributed by atoms with Gasteiger partial charge in [-0.1, -0.05) is 18.2 Å². The molecule has 1 fully saturated rings. The number of carbonyl (C=O) groups is 1. The number of allylic oxidation sites excluding steroid dienone is 1. The van der Waals surface area contributed by atoms with Crippen LogP contribution in [0, 0.1) is 0 Å². The maximum Gasteiger partial charge on any atom is 0.185 e. The highest BCUT2D eigenvalue weighted by molar-refractivity contribution is 8.00. The van der Waals surface area contributed by atoms with Crippen LogP contribution in [0.3, 0.4) is 0 Å². The van der Waals surface area contributed by atoms with E-state index < -0.39 is 0 Å². The number of rotatable bonds is 6. The first-order chi connectivity index (χ1) is 11.2. The quantitative estimate of drug-likeness (QED) is 0.592. The summed E-state index contributed by atoms with van der Waals surface area (Å²) in [6.07, 6.45) is 3.74. The number of hydrogen-bond acceptors (Lipinski definition) is 4. The van der Waals surface area contributed by atoms with Crippen LogP contribution in [0.2, 0.25) is 0 Å². The number of thioether (sulfide) groups is 1. The number of hydrogen-bond donors (Lipinski definition) is 0. The first kappa shape index (κ1) is 15.7. The Morgan fingerprint density at radius 1 is 1.04 bits per heavy atom. The van der Waals surface area contributed by atoms with Gasteiger partial charge in [0, 0.05) is 17.1 Å². The molecule has 118 valence electrons. The second-order valence-corrected chi connectivity index (χ2v) is 6.35. The number of ether oxygens (including phenoxy) is 2. The van der Waals surface area contributed by atoms with Crippen molar-refractivity contribution in [2.24, 2.45) is 0 Å². The van der Waals surface area contributed by atoms with E-state index in [0.717, 1.165) is 28.6 Å². The monoisotopic (exact) mass is 326 g/mol. The third kappa shape index (κ3) is 4.17. The third-order valence-corrected chi connectivity index (χ3v) is 4.81. The van der Waals surface area contributed by atoms with Gasteiger partial charge >= 0.3 is 0 Å². The van der Waals surface area contributed by atoms with Crippen molar-refractivity contribution < 1.29 is 14.3 Å². The standard InChI is InChI=1S/C19H18O3S/c1-21-16-9-5-15(6-10-16)19(20)11-4-14-2-7-17(8-3-14)22-18-12-23-13-18/h2-11,18H,12-13H2,1H3. The van der Waals surface area contributed by atoms with Gasteiger partial charge in [-0.05, 0) is 48.0 Å².